The second kappa shape index (κ2) is 9.06. The molecule has 0 bridgehead atoms. The number of nitrogens with zero attached hydrogens (tertiary/aromatic N) is 3. The summed E-state index contributed by atoms with van der Waals surface area (Å²) in [7, 11) is 0. The molecule has 2 aliphatic heterocycles. The van der Waals surface area contributed by atoms with E-state index in [-0.39, 0.29) is 32.0 Å². The molecule has 2 heterocycles. The molecule has 1 saturated heterocycles. The maximum absolute atomic E-state index is 12.8. The number of rotatable bonds is 8. The normalized spacial score (nSPS) is 18.8. The third-order valence-corrected chi connectivity index (χ3v) is 5.00. The fourth-order valence-electron chi connectivity index (χ4n) is 3.25. The SMILES string of the molecule is CCCN1C(=S)N(CCO)C(=O)C1=C/C=C1/Oc2ccccc2N1CCC(=O)O. The Balaban J connectivity index is 1.92. The number of aliphatic hydroxyl groups excluding tert-OH is 1. The molecule has 0 spiro atoms. The van der Waals surface area contributed by atoms with Gasteiger partial charge in [0.2, 0.25) is 5.88 Å². The van der Waals surface area contributed by atoms with Crippen LogP contribution < -0.4 is 9.64 Å². The smallest absolute Gasteiger partial charge is 0.305 e. The number of β-amino-alcohol motifs (C(OH)–C–C–N with tert-alkyl or cyclic N) is 1. The van der Waals surface area contributed by atoms with Crippen LogP contribution in [-0.4, -0.2) is 63.2 Å². The Kier molecular flexibility index (Phi) is 6.50. The molecule has 1 amide bonds. The fourth-order valence-corrected chi connectivity index (χ4v) is 3.62. The number of hydrogen-bond donors (Lipinski definition) is 2. The molecule has 1 aromatic carbocycles. The van der Waals surface area contributed by atoms with Crippen molar-refractivity contribution in [2.24, 2.45) is 0 Å². The zero-order chi connectivity index (χ0) is 21.0. The molecule has 0 aliphatic carbocycles. The molecule has 3 rings (SSSR count). The number of carboxylic acids is 1. The lowest BCUT2D eigenvalue weighted by Crippen LogP contribution is -2.35. The van der Waals surface area contributed by atoms with Crippen LogP contribution in [0.25, 0.3) is 0 Å². The van der Waals surface area contributed by atoms with Crippen LogP contribution in [0.4, 0.5) is 5.69 Å². The summed E-state index contributed by atoms with van der Waals surface area (Å²) in [6.45, 7) is 2.76. The van der Waals surface area contributed by atoms with E-state index in [1.807, 2.05) is 25.1 Å². The Bertz CT molecular complexity index is 883. The van der Waals surface area contributed by atoms with Crippen molar-refractivity contribution in [3.05, 3.63) is 48.0 Å². The number of carbonyl (C=O) groups is 2. The van der Waals surface area contributed by atoms with E-state index in [4.69, 9.17) is 22.1 Å². The van der Waals surface area contributed by atoms with Crippen molar-refractivity contribution in [3.63, 3.8) is 0 Å². The minimum absolute atomic E-state index is 0.0547. The molecule has 9 heteroatoms. The molecule has 1 aromatic rings. The number of fused-ring (bicyclic) bond motifs is 1. The van der Waals surface area contributed by atoms with E-state index in [2.05, 4.69) is 0 Å². The van der Waals surface area contributed by atoms with E-state index in [9.17, 15) is 14.7 Å². The zero-order valence-corrected chi connectivity index (χ0v) is 16.9. The number of amides is 1. The standard InChI is InChI=1S/C20H23N3O5S/c1-2-10-22-15(19(27)23(12-13-24)20(22)29)7-8-17-21(11-9-18(25)26)14-5-3-4-6-16(14)28-17/h3-8,24H,2,9-13H2,1H3,(H,25,26)/b15-7?,17-8+. The number of para-hydroxylation sites is 2. The highest BCUT2D eigenvalue weighted by molar-refractivity contribution is 7.80. The van der Waals surface area contributed by atoms with Crippen molar-refractivity contribution in [2.45, 2.75) is 19.8 Å². The minimum Gasteiger partial charge on any atom is -0.481 e. The minimum atomic E-state index is -0.905. The summed E-state index contributed by atoms with van der Waals surface area (Å²) >= 11 is 5.40. The van der Waals surface area contributed by atoms with Gasteiger partial charge in [0.1, 0.15) is 5.70 Å². The average molecular weight is 417 g/mol. The lowest BCUT2D eigenvalue weighted by atomic mass is 10.2. The molecule has 2 N–H and O–H groups in total. The first-order valence-electron chi connectivity index (χ1n) is 9.40. The quantitative estimate of drug-likeness (QED) is 0.490. The number of benzene rings is 1. The van der Waals surface area contributed by atoms with Crippen LogP contribution in [0.15, 0.2) is 48.0 Å². The molecule has 0 aromatic heterocycles. The molecule has 0 saturated carbocycles. The summed E-state index contributed by atoms with van der Waals surface area (Å²) in [4.78, 5) is 28.7. The number of thiocarbonyl (C=S) groups is 1. The molecule has 29 heavy (non-hydrogen) atoms. The van der Waals surface area contributed by atoms with Gasteiger partial charge in [0.05, 0.1) is 25.3 Å². The summed E-state index contributed by atoms with van der Waals surface area (Å²) in [6, 6.07) is 7.35. The van der Waals surface area contributed by atoms with E-state index in [0.717, 1.165) is 12.1 Å². The van der Waals surface area contributed by atoms with Crippen LogP contribution in [0.2, 0.25) is 0 Å². The highest BCUT2D eigenvalue weighted by atomic mass is 32.1. The van der Waals surface area contributed by atoms with Gasteiger partial charge in [0, 0.05) is 19.2 Å². The maximum Gasteiger partial charge on any atom is 0.305 e. The summed E-state index contributed by atoms with van der Waals surface area (Å²) in [5, 5.41) is 18.7. The number of carboxylic acid groups (broad SMARTS) is 1. The molecule has 0 radical (unpaired) electrons. The third-order valence-electron chi connectivity index (χ3n) is 4.56. The molecule has 0 atom stereocenters. The first-order chi connectivity index (χ1) is 14.0. The Labute approximate surface area is 174 Å². The van der Waals surface area contributed by atoms with Crippen molar-refractivity contribution in [3.8, 4) is 5.75 Å². The lowest BCUT2D eigenvalue weighted by molar-refractivity contribution is -0.136. The monoisotopic (exact) mass is 417 g/mol. The van der Waals surface area contributed by atoms with Gasteiger partial charge in [-0.05, 0) is 36.8 Å². The third kappa shape index (κ3) is 4.25. The molecule has 0 unspecified atom stereocenters. The van der Waals surface area contributed by atoms with Crippen molar-refractivity contribution in [1.82, 2.24) is 9.80 Å². The fraction of sp³-hybridized carbons (Fsp3) is 0.350. The lowest BCUT2D eigenvalue weighted by Gasteiger charge is -2.19. The predicted molar refractivity (Wildman–Crippen MR) is 111 cm³/mol. The molecule has 154 valence electrons. The second-order valence-electron chi connectivity index (χ2n) is 6.54. The van der Waals surface area contributed by atoms with Crippen LogP contribution in [0, 0.1) is 0 Å². The number of ether oxygens (including phenoxy) is 1. The van der Waals surface area contributed by atoms with Gasteiger partial charge < -0.3 is 24.7 Å². The van der Waals surface area contributed by atoms with Crippen molar-refractivity contribution >= 4 is 34.9 Å². The highest BCUT2D eigenvalue weighted by Gasteiger charge is 2.37. The number of allylic oxidation sites excluding steroid dienone is 2. The Morgan fingerprint density at radius 3 is 2.59 bits per heavy atom. The van der Waals surface area contributed by atoms with Gasteiger partial charge in [-0.2, -0.15) is 0 Å². The summed E-state index contributed by atoms with van der Waals surface area (Å²) in [5.74, 6) is -0.113. The predicted octanol–water partition coefficient (Wildman–Crippen LogP) is 1.92. The number of aliphatic carboxylic acids is 1. The highest BCUT2D eigenvalue weighted by Crippen LogP contribution is 2.38. The van der Waals surface area contributed by atoms with Crippen LogP contribution in [0.3, 0.4) is 0 Å². The molecule has 1 fully saturated rings. The van der Waals surface area contributed by atoms with Gasteiger partial charge in [-0.25, -0.2) is 0 Å². The molecule has 8 nitrogen and oxygen atoms in total. The van der Waals surface area contributed by atoms with Gasteiger partial charge in [0.15, 0.2) is 10.9 Å². The van der Waals surface area contributed by atoms with Crippen molar-refractivity contribution < 1.29 is 24.5 Å². The number of aliphatic hydroxyl groups is 1. The molecular formula is C20H23N3O5S. The second-order valence-corrected chi connectivity index (χ2v) is 6.90. The van der Waals surface area contributed by atoms with E-state index in [1.54, 1.807) is 28.0 Å². The van der Waals surface area contributed by atoms with Crippen molar-refractivity contribution in [2.75, 3.05) is 31.1 Å². The van der Waals surface area contributed by atoms with Gasteiger partial charge in [-0.1, -0.05) is 19.1 Å². The maximum atomic E-state index is 12.8. The molecule has 2 aliphatic rings. The zero-order valence-electron chi connectivity index (χ0n) is 16.1. The summed E-state index contributed by atoms with van der Waals surface area (Å²) in [6.07, 6.45) is 4.03. The largest absolute Gasteiger partial charge is 0.481 e. The summed E-state index contributed by atoms with van der Waals surface area (Å²) in [5.41, 5.74) is 1.18. The van der Waals surface area contributed by atoms with Crippen molar-refractivity contribution in [1.29, 1.82) is 0 Å². The number of anilines is 1. The first kappa shape index (κ1) is 20.8. The van der Waals surface area contributed by atoms with E-state index in [1.165, 1.54) is 4.90 Å². The van der Waals surface area contributed by atoms with E-state index in [0.29, 0.717) is 29.0 Å². The Morgan fingerprint density at radius 2 is 1.90 bits per heavy atom. The number of hydrogen-bond acceptors (Lipinski definition) is 6. The first-order valence-corrected chi connectivity index (χ1v) is 9.81. The Hall–Kier alpha value is -2.91. The topological polar surface area (TPSA) is 93.6 Å². The van der Waals surface area contributed by atoms with Crippen LogP contribution in [0.1, 0.15) is 19.8 Å². The van der Waals surface area contributed by atoms with Gasteiger partial charge in [-0.15, -0.1) is 0 Å². The van der Waals surface area contributed by atoms with Gasteiger partial charge >= 0.3 is 5.97 Å². The van der Waals surface area contributed by atoms with Crippen LogP contribution >= 0.6 is 12.2 Å². The van der Waals surface area contributed by atoms with Crippen LogP contribution in [0.5, 0.6) is 5.75 Å². The molecular weight excluding hydrogens is 394 g/mol. The Morgan fingerprint density at radius 1 is 1.14 bits per heavy atom. The van der Waals surface area contributed by atoms with Crippen LogP contribution in [-0.2, 0) is 9.59 Å². The van der Waals surface area contributed by atoms with E-state index < -0.39 is 5.97 Å². The van der Waals surface area contributed by atoms with E-state index >= 15 is 0 Å². The average Bonchev–Trinajstić information content (AvgIpc) is 3.16. The van der Waals surface area contributed by atoms with Gasteiger partial charge in [-0.3, -0.25) is 14.5 Å². The summed E-state index contributed by atoms with van der Waals surface area (Å²) < 4.78 is 5.88. The number of carbonyl (C=O) groups excluding carboxylic acids is 1. The van der Waals surface area contributed by atoms with Gasteiger partial charge in [0.25, 0.3) is 5.91 Å².